The van der Waals surface area contributed by atoms with Crippen LogP contribution >= 0.6 is 0 Å². The molecule has 2 rings (SSSR count). The topological polar surface area (TPSA) is 66.2 Å². The average molecular weight is 301 g/mol. The lowest BCUT2D eigenvalue weighted by atomic mass is 9.86. The third kappa shape index (κ3) is 3.76. The molecule has 0 atom stereocenters. The number of carbonyl (C=O) groups is 1. The highest BCUT2D eigenvalue weighted by molar-refractivity contribution is 5.68. The molecule has 0 bridgehead atoms. The van der Waals surface area contributed by atoms with Crippen molar-refractivity contribution < 1.29 is 9.53 Å². The number of hydrogen-bond acceptors (Lipinski definition) is 4. The van der Waals surface area contributed by atoms with Gasteiger partial charge in [0, 0.05) is 25.0 Å². The predicted molar refractivity (Wildman–Crippen MR) is 83.5 cm³/mol. The van der Waals surface area contributed by atoms with Gasteiger partial charge < -0.3 is 9.64 Å². The molecule has 1 aromatic heterocycles. The fraction of sp³-hybridized carbons (Fsp3) is 0.588. The maximum Gasteiger partial charge on any atom is 0.410 e. The molecule has 2 heterocycles. The summed E-state index contributed by atoms with van der Waals surface area (Å²) >= 11 is 0. The van der Waals surface area contributed by atoms with Crippen LogP contribution < -0.4 is 0 Å². The summed E-state index contributed by atoms with van der Waals surface area (Å²) in [7, 11) is 0. The monoisotopic (exact) mass is 301 g/mol. The Bertz CT molecular complexity index is 591. The van der Waals surface area contributed by atoms with Crippen molar-refractivity contribution >= 4 is 6.09 Å². The van der Waals surface area contributed by atoms with Crippen molar-refractivity contribution in [1.82, 2.24) is 9.88 Å². The fourth-order valence-corrected chi connectivity index (χ4v) is 2.87. The first-order chi connectivity index (χ1) is 10.3. The second kappa shape index (κ2) is 6.35. The molecule has 0 spiro atoms. The lowest BCUT2D eigenvalue weighted by Gasteiger charge is -2.34. The Kier molecular flexibility index (Phi) is 4.70. The van der Waals surface area contributed by atoms with Crippen molar-refractivity contribution in [3.8, 4) is 6.07 Å². The van der Waals surface area contributed by atoms with Gasteiger partial charge in [0.25, 0.3) is 0 Å². The lowest BCUT2D eigenvalue weighted by Crippen LogP contribution is -2.41. The highest BCUT2D eigenvalue weighted by Gasteiger charge is 2.29. The van der Waals surface area contributed by atoms with E-state index in [0.29, 0.717) is 18.7 Å². The van der Waals surface area contributed by atoms with E-state index in [2.05, 4.69) is 11.1 Å². The maximum absolute atomic E-state index is 12.1. The number of amides is 1. The summed E-state index contributed by atoms with van der Waals surface area (Å²) in [5.74, 6) is 0.280. The molecular formula is C17H23N3O2. The van der Waals surface area contributed by atoms with Gasteiger partial charge in [-0.15, -0.1) is 0 Å². The Balaban J connectivity index is 2.04. The van der Waals surface area contributed by atoms with Crippen LogP contribution in [0.3, 0.4) is 0 Å². The second-order valence-corrected chi connectivity index (χ2v) is 6.71. The molecule has 5 heteroatoms. The molecule has 1 fully saturated rings. The molecule has 118 valence electrons. The predicted octanol–water partition coefficient (Wildman–Crippen LogP) is 3.38. The third-order valence-electron chi connectivity index (χ3n) is 3.86. The summed E-state index contributed by atoms with van der Waals surface area (Å²) < 4.78 is 5.41. The van der Waals surface area contributed by atoms with Gasteiger partial charge in [0.05, 0.1) is 11.6 Å². The van der Waals surface area contributed by atoms with Crippen molar-refractivity contribution in [3.05, 3.63) is 29.1 Å². The third-order valence-corrected chi connectivity index (χ3v) is 3.86. The number of pyridine rings is 1. The number of aromatic nitrogens is 1. The minimum atomic E-state index is -0.470. The number of rotatable bonds is 1. The van der Waals surface area contributed by atoms with Gasteiger partial charge in [-0.3, -0.25) is 4.98 Å². The molecule has 5 nitrogen and oxygen atoms in total. The quantitative estimate of drug-likeness (QED) is 0.797. The molecule has 0 radical (unpaired) electrons. The van der Waals surface area contributed by atoms with Crippen molar-refractivity contribution in [1.29, 1.82) is 5.26 Å². The SMILES string of the molecule is Cc1nccc(C#N)c1C1CCN(C(=O)OC(C)(C)C)CC1. The average Bonchev–Trinajstić information content (AvgIpc) is 2.45. The summed E-state index contributed by atoms with van der Waals surface area (Å²) in [5.41, 5.74) is 2.17. The minimum absolute atomic E-state index is 0.255. The number of carbonyl (C=O) groups excluding carboxylic acids is 1. The van der Waals surface area contributed by atoms with Crippen LogP contribution in [-0.4, -0.2) is 34.7 Å². The first-order valence-corrected chi connectivity index (χ1v) is 7.65. The number of nitriles is 1. The van der Waals surface area contributed by atoms with Crippen LogP contribution in [0.5, 0.6) is 0 Å². The smallest absolute Gasteiger partial charge is 0.410 e. The van der Waals surface area contributed by atoms with Gasteiger partial charge in [0.15, 0.2) is 0 Å². The zero-order chi connectivity index (χ0) is 16.3. The number of nitrogens with zero attached hydrogens (tertiary/aromatic N) is 3. The van der Waals surface area contributed by atoms with Crippen LogP contribution in [0, 0.1) is 18.3 Å². The van der Waals surface area contributed by atoms with Crippen molar-refractivity contribution in [2.45, 2.75) is 52.1 Å². The van der Waals surface area contributed by atoms with Gasteiger partial charge >= 0.3 is 6.09 Å². The zero-order valence-electron chi connectivity index (χ0n) is 13.7. The number of hydrogen-bond donors (Lipinski definition) is 0. The van der Waals surface area contributed by atoms with E-state index in [1.54, 1.807) is 17.2 Å². The van der Waals surface area contributed by atoms with E-state index < -0.39 is 5.60 Å². The summed E-state index contributed by atoms with van der Waals surface area (Å²) in [4.78, 5) is 18.1. The van der Waals surface area contributed by atoms with Gasteiger partial charge in [0.1, 0.15) is 5.60 Å². The van der Waals surface area contributed by atoms with Crippen LogP contribution in [0.4, 0.5) is 4.79 Å². The number of likely N-dealkylation sites (tertiary alicyclic amines) is 1. The molecule has 0 unspecified atom stereocenters. The first-order valence-electron chi connectivity index (χ1n) is 7.65. The molecule has 0 aliphatic carbocycles. The fourth-order valence-electron chi connectivity index (χ4n) is 2.87. The summed E-state index contributed by atoms with van der Waals surface area (Å²) in [6.07, 6.45) is 3.09. The van der Waals surface area contributed by atoms with Gasteiger partial charge in [-0.2, -0.15) is 5.26 Å². The molecule has 1 aliphatic heterocycles. The summed E-state index contributed by atoms with van der Waals surface area (Å²) in [6, 6.07) is 4.02. The normalized spacial score (nSPS) is 16.2. The highest BCUT2D eigenvalue weighted by atomic mass is 16.6. The van der Waals surface area contributed by atoms with E-state index in [0.717, 1.165) is 24.1 Å². The number of piperidine rings is 1. The molecule has 1 amide bonds. The number of ether oxygens (including phenoxy) is 1. The maximum atomic E-state index is 12.1. The number of aryl methyl sites for hydroxylation is 1. The molecule has 0 aromatic carbocycles. The van der Waals surface area contributed by atoms with E-state index in [1.165, 1.54) is 0 Å². The van der Waals surface area contributed by atoms with Crippen molar-refractivity contribution in [2.75, 3.05) is 13.1 Å². The van der Waals surface area contributed by atoms with Gasteiger partial charge in [-0.05, 0) is 58.1 Å². The summed E-state index contributed by atoms with van der Waals surface area (Å²) in [6.45, 7) is 8.86. The van der Waals surface area contributed by atoms with Crippen molar-refractivity contribution in [3.63, 3.8) is 0 Å². The van der Waals surface area contributed by atoms with E-state index in [4.69, 9.17) is 4.74 Å². The van der Waals surface area contributed by atoms with E-state index >= 15 is 0 Å². The van der Waals surface area contributed by atoms with Crippen LogP contribution in [0.25, 0.3) is 0 Å². The van der Waals surface area contributed by atoms with Crippen LogP contribution in [0.2, 0.25) is 0 Å². The van der Waals surface area contributed by atoms with E-state index in [9.17, 15) is 10.1 Å². The molecule has 1 aromatic rings. The Hall–Kier alpha value is -2.09. The molecular weight excluding hydrogens is 278 g/mol. The van der Waals surface area contributed by atoms with Crippen LogP contribution in [0.1, 0.15) is 56.4 Å². The Morgan fingerprint density at radius 3 is 2.59 bits per heavy atom. The largest absolute Gasteiger partial charge is 0.444 e. The Morgan fingerprint density at radius 2 is 2.05 bits per heavy atom. The van der Waals surface area contributed by atoms with Gasteiger partial charge in [0.2, 0.25) is 0 Å². The minimum Gasteiger partial charge on any atom is -0.444 e. The van der Waals surface area contributed by atoms with Crippen LogP contribution in [-0.2, 0) is 4.74 Å². The van der Waals surface area contributed by atoms with E-state index in [1.807, 2.05) is 27.7 Å². The Morgan fingerprint density at radius 1 is 1.41 bits per heavy atom. The van der Waals surface area contributed by atoms with Crippen LogP contribution in [0.15, 0.2) is 12.3 Å². The molecule has 0 N–H and O–H groups in total. The van der Waals surface area contributed by atoms with Crippen molar-refractivity contribution in [2.24, 2.45) is 0 Å². The molecule has 1 saturated heterocycles. The van der Waals surface area contributed by atoms with E-state index in [-0.39, 0.29) is 12.0 Å². The lowest BCUT2D eigenvalue weighted by molar-refractivity contribution is 0.0204. The highest BCUT2D eigenvalue weighted by Crippen LogP contribution is 2.32. The zero-order valence-corrected chi connectivity index (χ0v) is 13.7. The molecule has 0 saturated carbocycles. The Labute approximate surface area is 131 Å². The van der Waals surface area contributed by atoms with Gasteiger partial charge in [-0.25, -0.2) is 4.79 Å². The molecule has 22 heavy (non-hydrogen) atoms. The second-order valence-electron chi connectivity index (χ2n) is 6.71. The molecule has 1 aliphatic rings. The van der Waals surface area contributed by atoms with Gasteiger partial charge in [-0.1, -0.05) is 0 Å². The first kappa shape index (κ1) is 16.3. The summed E-state index contributed by atoms with van der Waals surface area (Å²) in [5, 5.41) is 9.28. The standard InChI is InChI=1S/C17H23N3O2/c1-12-15(14(11-18)5-8-19-12)13-6-9-20(10-7-13)16(21)22-17(2,3)4/h5,8,13H,6-7,9-10H2,1-4H3.